The Morgan fingerprint density at radius 1 is 1.33 bits per heavy atom. The molecule has 0 saturated carbocycles. The molecule has 0 radical (unpaired) electrons. The SMILES string of the molecule is CCC(CNc1ccc(SC(C)C)cc1)C(=O)O. The van der Waals surface area contributed by atoms with Crippen molar-refractivity contribution in [2.45, 2.75) is 37.3 Å². The van der Waals surface area contributed by atoms with Crippen molar-refractivity contribution in [3.63, 3.8) is 0 Å². The van der Waals surface area contributed by atoms with Gasteiger partial charge < -0.3 is 10.4 Å². The second kappa shape index (κ2) is 7.31. The number of thioether (sulfide) groups is 1. The third kappa shape index (κ3) is 5.00. The van der Waals surface area contributed by atoms with E-state index >= 15 is 0 Å². The van der Waals surface area contributed by atoms with Crippen LogP contribution in [0.1, 0.15) is 27.2 Å². The van der Waals surface area contributed by atoms with Crippen molar-refractivity contribution in [1.29, 1.82) is 0 Å². The number of carboxylic acid groups (broad SMARTS) is 1. The van der Waals surface area contributed by atoms with E-state index in [9.17, 15) is 4.79 Å². The monoisotopic (exact) mass is 267 g/mol. The highest BCUT2D eigenvalue weighted by atomic mass is 32.2. The van der Waals surface area contributed by atoms with Crippen molar-refractivity contribution in [2.24, 2.45) is 5.92 Å². The van der Waals surface area contributed by atoms with Crippen LogP contribution in [-0.2, 0) is 4.79 Å². The summed E-state index contributed by atoms with van der Waals surface area (Å²) in [7, 11) is 0. The zero-order chi connectivity index (χ0) is 13.5. The van der Waals surface area contributed by atoms with E-state index in [2.05, 4.69) is 31.3 Å². The Morgan fingerprint density at radius 3 is 2.39 bits per heavy atom. The lowest BCUT2D eigenvalue weighted by atomic mass is 10.1. The van der Waals surface area contributed by atoms with Gasteiger partial charge in [0.25, 0.3) is 0 Å². The lowest BCUT2D eigenvalue weighted by Crippen LogP contribution is -2.21. The maximum Gasteiger partial charge on any atom is 0.308 e. The van der Waals surface area contributed by atoms with Crippen LogP contribution in [0.3, 0.4) is 0 Å². The molecule has 0 aromatic heterocycles. The third-order valence-electron chi connectivity index (χ3n) is 2.62. The standard InChI is InChI=1S/C14H21NO2S/c1-4-11(14(16)17)9-15-12-5-7-13(8-6-12)18-10(2)3/h5-8,10-11,15H,4,9H2,1-3H3,(H,16,17). The van der Waals surface area contributed by atoms with E-state index in [1.165, 1.54) is 4.90 Å². The minimum Gasteiger partial charge on any atom is -0.481 e. The van der Waals surface area contributed by atoms with E-state index in [1.54, 1.807) is 0 Å². The average molecular weight is 267 g/mol. The van der Waals surface area contributed by atoms with E-state index in [0.29, 0.717) is 18.2 Å². The lowest BCUT2D eigenvalue weighted by Gasteiger charge is -2.12. The first-order chi connectivity index (χ1) is 8.52. The van der Waals surface area contributed by atoms with Crippen LogP contribution in [0.2, 0.25) is 0 Å². The van der Waals surface area contributed by atoms with Gasteiger partial charge in [0.1, 0.15) is 0 Å². The first kappa shape index (κ1) is 14.9. The van der Waals surface area contributed by atoms with Gasteiger partial charge in [0.2, 0.25) is 0 Å². The molecule has 0 amide bonds. The van der Waals surface area contributed by atoms with Gasteiger partial charge in [-0.05, 0) is 30.7 Å². The number of hydrogen-bond donors (Lipinski definition) is 2. The topological polar surface area (TPSA) is 49.3 Å². The highest BCUT2D eigenvalue weighted by molar-refractivity contribution is 7.99. The van der Waals surface area contributed by atoms with Gasteiger partial charge in [0, 0.05) is 22.4 Å². The molecule has 0 aliphatic rings. The first-order valence-electron chi connectivity index (χ1n) is 6.26. The van der Waals surface area contributed by atoms with Crippen molar-refractivity contribution in [3.05, 3.63) is 24.3 Å². The molecule has 0 fully saturated rings. The highest BCUT2D eigenvalue weighted by Crippen LogP contribution is 2.24. The molecule has 3 nitrogen and oxygen atoms in total. The average Bonchev–Trinajstić information content (AvgIpc) is 2.31. The molecule has 0 aliphatic carbocycles. The van der Waals surface area contributed by atoms with Gasteiger partial charge in [-0.3, -0.25) is 4.79 Å². The maximum absolute atomic E-state index is 10.9. The van der Waals surface area contributed by atoms with Gasteiger partial charge in [-0.25, -0.2) is 0 Å². The number of benzene rings is 1. The molecule has 1 atom stereocenters. The quantitative estimate of drug-likeness (QED) is 0.739. The number of carboxylic acids is 1. The van der Waals surface area contributed by atoms with Crippen LogP contribution >= 0.6 is 11.8 Å². The number of hydrogen-bond acceptors (Lipinski definition) is 3. The minimum absolute atomic E-state index is 0.324. The van der Waals surface area contributed by atoms with Crippen LogP contribution in [0.4, 0.5) is 5.69 Å². The smallest absolute Gasteiger partial charge is 0.308 e. The number of rotatable bonds is 7. The van der Waals surface area contributed by atoms with Gasteiger partial charge in [0.15, 0.2) is 0 Å². The van der Waals surface area contributed by atoms with Crippen molar-refractivity contribution in [3.8, 4) is 0 Å². The van der Waals surface area contributed by atoms with E-state index in [1.807, 2.05) is 30.8 Å². The molecule has 100 valence electrons. The summed E-state index contributed by atoms with van der Waals surface area (Å²) in [4.78, 5) is 12.1. The molecule has 1 aromatic carbocycles. The van der Waals surface area contributed by atoms with Gasteiger partial charge in [-0.2, -0.15) is 0 Å². The molecule has 0 saturated heterocycles. The zero-order valence-corrected chi connectivity index (χ0v) is 12.0. The van der Waals surface area contributed by atoms with Gasteiger partial charge in [-0.15, -0.1) is 11.8 Å². The Hall–Kier alpha value is -1.16. The van der Waals surface area contributed by atoms with Crippen LogP contribution in [0.5, 0.6) is 0 Å². The first-order valence-corrected chi connectivity index (χ1v) is 7.14. The highest BCUT2D eigenvalue weighted by Gasteiger charge is 2.14. The molecule has 1 rings (SSSR count). The summed E-state index contributed by atoms with van der Waals surface area (Å²) in [5, 5.41) is 12.7. The Kier molecular flexibility index (Phi) is 6.05. The fourth-order valence-corrected chi connectivity index (χ4v) is 2.41. The lowest BCUT2D eigenvalue weighted by molar-refractivity contribution is -0.141. The number of nitrogens with one attached hydrogen (secondary N) is 1. The van der Waals surface area contributed by atoms with Gasteiger partial charge in [0.05, 0.1) is 5.92 Å². The van der Waals surface area contributed by atoms with Crippen molar-refractivity contribution in [2.75, 3.05) is 11.9 Å². The summed E-state index contributed by atoms with van der Waals surface area (Å²) in [5.41, 5.74) is 0.975. The number of carbonyl (C=O) groups is 1. The summed E-state index contributed by atoms with van der Waals surface area (Å²) in [6.07, 6.45) is 0.642. The molecule has 1 unspecified atom stereocenters. The third-order valence-corrected chi connectivity index (χ3v) is 3.64. The van der Waals surface area contributed by atoms with Crippen LogP contribution in [-0.4, -0.2) is 22.9 Å². The van der Waals surface area contributed by atoms with Gasteiger partial charge >= 0.3 is 5.97 Å². The predicted molar refractivity (Wildman–Crippen MR) is 77.3 cm³/mol. The molecule has 4 heteroatoms. The molecule has 18 heavy (non-hydrogen) atoms. The summed E-state index contributed by atoms with van der Waals surface area (Å²) >= 11 is 1.82. The molecule has 0 aliphatic heterocycles. The Labute approximate surface area is 113 Å². The number of anilines is 1. The Balaban J connectivity index is 2.50. The van der Waals surface area contributed by atoms with E-state index in [4.69, 9.17) is 5.11 Å². The molecule has 0 heterocycles. The fraction of sp³-hybridized carbons (Fsp3) is 0.500. The molecular weight excluding hydrogens is 246 g/mol. The Morgan fingerprint density at radius 2 is 1.94 bits per heavy atom. The summed E-state index contributed by atoms with van der Waals surface area (Å²) in [6, 6.07) is 8.13. The van der Waals surface area contributed by atoms with Crippen LogP contribution in [0.15, 0.2) is 29.2 Å². The van der Waals surface area contributed by atoms with E-state index < -0.39 is 5.97 Å². The van der Waals surface area contributed by atoms with Crippen LogP contribution < -0.4 is 5.32 Å². The molecule has 2 N–H and O–H groups in total. The largest absolute Gasteiger partial charge is 0.481 e. The van der Waals surface area contributed by atoms with Crippen LogP contribution in [0.25, 0.3) is 0 Å². The fourth-order valence-electron chi connectivity index (χ4n) is 1.57. The minimum atomic E-state index is -0.739. The van der Waals surface area contributed by atoms with Crippen molar-refractivity contribution < 1.29 is 9.90 Å². The van der Waals surface area contributed by atoms with Crippen LogP contribution in [0, 0.1) is 5.92 Å². The van der Waals surface area contributed by atoms with Gasteiger partial charge in [-0.1, -0.05) is 20.8 Å². The summed E-state index contributed by atoms with van der Waals surface area (Å²) in [6.45, 7) is 6.69. The second-order valence-electron chi connectivity index (χ2n) is 4.52. The second-order valence-corrected chi connectivity index (χ2v) is 6.17. The van der Waals surface area contributed by atoms with E-state index in [0.717, 1.165) is 5.69 Å². The predicted octanol–water partition coefficient (Wildman–Crippen LogP) is 3.71. The molecule has 0 bridgehead atoms. The Bertz CT molecular complexity index is 376. The summed E-state index contributed by atoms with van der Waals surface area (Å²) in [5.74, 6) is -1.06. The number of aliphatic carboxylic acids is 1. The maximum atomic E-state index is 10.9. The zero-order valence-electron chi connectivity index (χ0n) is 11.1. The molecule has 0 spiro atoms. The van der Waals surface area contributed by atoms with Crippen molar-refractivity contribution >= 4 is 23.4 Å². The van der Waals surface area contributed by atoms with Crippen molar-refractivity contribution in [1.82, 2.24) is 0 Å². The van der Waals surface area contributed by atoms with E-state index in [-0.39, 0.29) is 5.92 Å². The molecular formula is C14H21NO2S. The summed E-state index contributed by atoms with van der Waals surface area (Å²) < 4.78 is 0. The molecule has 1 aromatic rings. The normalized spacial score (nSPS) is 12.4.